The molecule has 0 saturated heterocycles. The summed E-state index contributed by atoms with van der Waals surface area (Å²) in [5.41, 5.74) is 3.76. The van der Waals surface area contributed by atoms with Gasteiger partial charge in [-0.2, -0.15) is 0 Å². The zero-order chi connectivity index (χ0) is 20.5. The van der Waals surface area contributed by atoms with Crippen LogP contribution in [-0.2, 0) is 0 Å². The molecular formula is C20H14N4O5. The molecular weight excluding hydrogens is 376 g/mol. The number of carboxylic acids is 1. The van der Waals surface area contributed by atoms with Crippen molar-refractivity contribution in [2.24, 2.45) is 0 Å². The van der Waals surface area contributed by atoms with Gasteiger partial charge < -0.3 is 10.4 Å². The van der Waals surface area contributed by atoms with E-state index in [1.54, 1.807) is 12.1 Å². The van der Waals surface area contributed by atoms with Crippen LogP contribution in [0.3, 0.4) is 0 Å². The number of fused-ring (bicyclic) bond motifs is 1. The summed E-state index contributed by atoms with van der Waals surface area (Å²) in [6.45, 7) is 1.96. The van der Waals surface area contributed by atoms with Gasteiger partial charge in [0, 0.05) is 17.3 Å². The van der Waals surface area contributed by atoms with Crippen LogP contribution in [0.5, 0.6) is 0 Å². The molecule has 0 bridgehead atoms. The Morgan fingerprint density at radius 1 is 1.03 bits per heavy atom. The van der Waals surface area contributed by atoms with Crippen LogP contribution in [-0.4, -0.2) is 26.3 Å². The minimum atomic E-state index is -1.04. The summed E-state index contributed by atoms with van der Waals surface area (Å²) in [7, 11) is 0. The number of nitro groups is 1. The van der Waals surface area contributed by atoms with Crippen molar-refractivity contribution in [3.8, 4) is 11.1 Å². The van der Waals surface area contributed by atoms with E-state index in [1.165, 1.54) is 18.2 Å². The van der Waals surface area contributed by atoms with E-state index in [-0.39, 0.29) is 22.3 Å². The zero-order valence-corrected chi connectivity index (χ0v) is 15.1. The molecule has 0 amide bonds. The number of aromatic nitrogens is 2. The normalized spacial score (nSPS) is 10.8. The number of nitro benzene ring substituents is 1. The zero-order valence-electron chi connectivity index (χ0n) is 15.1. The molecule has 4 rings (SSSR count). The summed E-state index contributed by atoms with van der Waals surface area (Å²) in [4.78, 5) is 22.0. The van der Waals surface area contributed by atoms with Gasteiger partial charge in [-0.25, -0.2) is 9.42 Å². The minimum Gasteiger partial charge on any atom is -0.478 e. The molecule has 0 radical (unpaired) electrons. The van der Waals surface area contributed by atoms with E-state index in [1.807, 2.05) is 31.2 Å². The lowest BCUT2D eigenvalue weighted by atomic mass is 9.99. The van der Waals surface area contributed by atoms with Gasteiger partial charge in [-0.3, -0.25) is 10.1 Å². The molecule has 9 nitrogen and oxygen atoms in total. The molecule has 0 unspecified atom stereocenters. The van der Waals surface area contributed by atoms with Gasteiger partial charge in [-0.15, -0.1) is 0 Å². The number of carboxylic acid groups (broad SMARTS) is 1. The van der Waals surface area contributed by atoms with Gasteiger partial charge in [-0.1, -0.05) is 29.8 Å². The van der Waals surface area contributed by atoms with E-state index in [9.17, 15) is 20.0 Å². The van der Waals surface area contributed by atoms with Crippen LogP contribution in [0, 0.1) is 17.0 Å². The summed E-state index contributed by atoms with van der Waals surface area (Å²) in [6, 6.07) is 15.1. The molecule has 0 atom stereocenters. The first kappa shape index (κ1) is 18.1. The number of aryl methyl sites for hydroxylation is 1. The molecule has 0 saturated carbocycles. The largest absolute Gasteiger partial charge is 0.478 e. The smallest absolute Gasteiger partial charge is 0.335 e. The Hall–Kier alpha value is -4.27. The first-order valence-electron chi connectivity index (χ1n) is 8.55. The Balaban J connectivity index is 1.84. The number of aromatic carboxylic acids is 1. The van der Waals surface area contributed by atoms with Crippen molar-refractivity contribution in [3.05, 3.63) is 75.8 Å². The monoisotopic (exact) mass is 390 g/mol. The molecule has 0 spiro atoms. The fourth-order valence-electron chi connectivity index (χ4n) is 3.00. The number of hydrogen-bond donors (Lipinski definition) is 2. The third kappa shape index (κ3) is 3.36. The number of non-ortho nitro benzene ring substituents is 1. The molecule has 144 valence electrons. The summed E-state index contributed by atoms with van der Waals surface area (Å²) >= 11 is 0. The highest BCUT2D eigenvalue weighted by Gasteiger charge is 2.20. The van der Waals surface area contributed by atoms with Crippen LogP contribution in [0.1, 0.15) is 15.9 Å². The second-order valence-electron chi connectivity index (χ2n) is 6.41. The predicted octanol–water partition coefficient (Wildman–Crippen LogP) is 4.55. The molecule has 0 fully saturated rings. The Bertz CT molecular complexity index is 1250. The molecule has 29 heavy (non-hydrogen) atoms. The van der Waals surface area contributed by atoms with Crippen LogP contribution < -0.4 is 5.32 Å². The predicted molar refractivity (Wildman–Crippen MR) is 105 cm³/mol. The number of hydrogen-bond acceptors (Lipinski definition) is 7. The van der Waals surface area contributed by atoms with Crippen molar-refractivity contribution in [3.63, 3.8) is 0 Å². The number of anilines is 2. The second-order valence-corrected chi connectivity index (χ2v) is 6.41. The Morgan fingerprint density at radius 3 is 2.41 bits per heavy atom. The molecule has 9 heteroatoms. The Labute approximate surface area is 163 Å². The van der Waals surface area contributed by atoms with Gasteiger partial charge in [0.15, 0.2) is 5.52 Å². The van der Waals surface area contributed by atoms with E-state index >= 15 is 0 Å². The average Bonchev–Trinajstić information content (AvgIpc) is 3.19. The summed E-state index contributed by atoms with van der Waals surface area (Å²) in [5.74, 6) is -1.04. The van der Waals surface area contributed by atoms with Gasteiger partial charge in [0.25, 0.3) is 0 Å². The van der Waals surface area contributed by atoms with Crippen molar-refractivity contribution in [2.45, 2.75) is 6.92 Å². The third-order valence-corrected chi connectivity index (χ3v) is 4.49. The fraction of sp³-hybridized carbons (Fsp3) is 0.0500. The van der Waals surface area contributed by atoms with Crippen LogP contribution >= 0.6 is 0 Å². The van der Waals surface area contributed by atoms with E-state index in [0.717, 1.165) is 11.1 Å². The lowest BCUT2D eigenvalue weighted by molar-refractivity contribution is -0.383. The van der Waals surface area contributed by atoms with Gasteiger partial charge in [0.1, 0.15) is 0 Å². The molecule has 0 aliphatic rings. The molecule has 1 aromatic heterocycles. The van der Waals surface area contributed by atoms with E-state index in [4.69, 9.17) is 4.63 Å². The highest BCUT2D eigenvalue weighted by atomic mass is 16.6. The summed E-state index contributed by atoms with van der Waals surface area (Å²) < 4.78 is 4.69. The van der Waals surface area contributed by atoms with E-state index in [0.29, 0.717) is 16.9 Å². The minimum absolute atomic E-state index is 0.0269. The third-order valence-electron chi connectivity index (χ3n) is 4.49. The molecule has 2 N–H and O–H groups in total. The van der Waals surface area contributed by atoms with Crippen molar-refractivity contribution in [1.82, 2.24) is 10.3 Å². The topological polar surface area (TPSA) is 131 Å². The number of rotatable bonds is 5. The molecule has 3 aromatic carbocycles. The second kappa shape index (κ2) is 7.04. The van der Waals surface area contributed by atoms with Crippen LogP contribution in [0.15, 0.2) is 59.2 Å². The van der Waals surface area contributed by atoms with Gasteiger partial charge in [0.2, 0.25) is 5.52 Å². The van der Waals surface area contributed by atoms with Crippen molar-refractivity contribution in [1.29, 1.82) is 0 Å². The molecule has 4 aromatic rings. The number of nitrogens with one attached hydrogen (secondary N) is 1. The summed E-state index contributed by atoms with van der Waals surface area (Å²) in [5, 5.41) is 31.1. The SMILES string of the molecule is Cc1ccc(-c2cc(C(=O)O)ccc2Nc2ccc([N+](=O)[O-])c3nonc23)cc1. The molecule has 0 aliphatic heterocycles. The Kier molecular flexibility index (Phi) is 4.40. The number of carbonyl (C=O) groups is 1. The lowest BCUT2D eigenvalue weighted by Crippen LogP contribution is -2.00. The molecule has 0 aliphatic carbocycles. The van der Waals surface area contributed by atoms with Crippen molar-refractivity contribution >= 4 is 34.1 Å². The highest BCUT2D eigenvalue weighted by Crippen LogP contribution is 2.35. The maximum atomic E-state index is 11.4. The summed E-state index contributed by atoms with van der Waals surface area (Å²) in [6.07, 6.45) is 0. The van der Waals surface area contributed by atoms with Crippen molar-refractivity contribution < 1.29 is 19.5 Å². The van der Waals surface area contributed by atoms with Gasteiger partial charge in [-0.05, 0) is 47.1 Å². The lowest BCUT2D eigenvalue weighted by Gasteiger charge is -2.14. The van der Waals surface area contributed by atoms with E-state index < -0.39 is 10.9 Å². The quantitative estimate of drug-likeness (QED) is 0.375. The van der Waals surface area contributed by atoms with Gasteiger partial charge in [0.05, 0.1) is 16.2 Å². The fourth-order valence-corrected chi connectivity index (χ4v) is 3.00. The van der Waals surface area contributed by atoms with Crippen LogP contribution in [0.4, 0.5) is 17.1 Å². The van der Waals surface area contributed by atoms with E-state index in [2.05, 4.69) is 15.6 Å². The average molecular weight is 390 g/mol. The number of benzene rings is 3. The van der Waals surface area contributed by atoms with Crippen LogP contribution in [0.2, 0.25) is 0 Å². The maximum absolute atomic E-state index is 11.4. The van der Waals surface area contributed by atoms with Crippen molar-refractivity contribution in [2.75, 3.05) is 5.32 Å². The maximum Gasteiger partial charge on any atom is 0.335 e. The first-order valence-corrected chi connectivity index (χ1v) is 8.55. The number of nitrogens with zero attached hydrogens (tertiary/aromatic N) is 3. The molecule has 1 heterocycles. The van der Waals surface area contributed by atoms with Gasteiger partial charge >= 0.3 is 11.7 Å². The Morgan fingerprint density at radius 2 is 1.72 bits per heavy atom. The standard InChI is InChI=1S/C20H14N4O5/c1-11-2-4-12(5-3-11)14-10-13(20(25)26)6-7-15(14)21-16-8-9-17(24(27)28)19-18(16)22-29-23-19/h2-10,21H,1H3,(H,25,26). The first-order chi connectivity index (χ1) is 13.9. The van der Waals surface area contributed by atoms with Crippen LogP contribution in [0.25, 0.3) is 22.2 Å². The highest BCUT2D eigenvalue weighted by molar-refractivity contribution is 5.97.